The molecule has 124 valence electrons. The lowest BCUT2D eigenvalue weighted by molar-refractivity contribution is -0.0739. The van der Waals surface area contributed by atoms with Gasteiger partial charge in [0, 0.05) is 18.2 Å². The van der Waals surface area contributed by atoms with Gasteiger partial charge in [-0.25, -0.2) is 4.98 Å². The molecule has 0 spiro atoms. The first-order chi connectivity index (χ1) is 11.2. The van der Waals surface area contributed by atoms with Crippen LogP contribution in [0.15, 0.2) is 30.9 Å². The highest BCUT2D eigenvalue weighted by Crippen LogP contribution is 2.35. The number of carbonyl (C=O) groups is 1. The number of pyridine rings is 1. The Morgan fingerprint density at radius 2 is 2.39 bits per heavy atom. The van der Waals surface area contributed by atoms with E-state index in [1.165, 1.54) is 0 Å². The molecule has 2 heterocycles. The summed E-state index contributed by atoms with van der Waals surface area (Å²) in [5.41, 5.74) is 1.39. The van der Waals surface area contributed by atoms with E-state index >= 15 is 0 Å². The van der Waals surface area contributed by atoms with Crippen molar-refractivity contribution < 1.29 is 14.3 Å². The van der Waals surface area contributed by atoms with Gasteiger partial charge in [0.1, 0.15) is 5.69 Å². The quantitative estimate of drug-likeness (QED) is 0.617. The van der Waals surface area contributed by atoms with Crippen LogP contribution in [0.4, 0.5) is 0 Å². The Balaban J connectivity index is 1.69. The molecule has 23 heavy (non-hydrogen) atoms. The molecule has 2 aliphatic rings. The maximum absolute atomic E-state index is 12.8. The second-order valence-electron chi connectivity index (χ2n) is 6.23. The van der Waals surface area contributed by atoms with E-state index in [2.05, 4.69) is 11.6 Å². The van der Waals surface area contributed by atoms with E-state index in [1.807, 2.05) is 24.0 Å². The number of nitrogens with zero attached hydrogens (tertiary/aromatic N) is 2. The van der Waals surface area contributed by atoms with E-state index in [0.29, 0.717) is 38.0 Å². The minimum atomic E-state index is 0.0136. The lowest BCUT2D eigenvalue weighted by Crippen LogP contribution is -2.53. The SMILES string of the molecule is C=CCOCC1CC[C@H]2[C@H]1OCCN2C(=O)c1cccc(C)n1. The van der Waals surface area contributed by atoms with Crippen LogP contribution >= 0.6 is 0 Å². The zero-order chi connectivity index (χ0) is 16.2. The van der Waals surface area contributed by atoms with Crippen molar-refractivity contribution in [3.8, 4) is 0 Å². The van der Waals surface area contributed by atoms with Crippen molar-refractivity contribution in [3.05, 3.63) is 42.2 Å². The summed E-state index contributed by atoms with van der Waals surface area (Å²) in [7, 11) is 0. The Bertz CT molecular complexity index is 575. The number of hydrogen-bond acceptors (Lipinski definition) is 4. The lowest BCUT2D eigenvalue weighted by Gasteiger charge is -2.39. The van der Waals surface area contributed by atoms with Crippen LogP contribution in [0.3, 0.4) is 0 Å². The zero-order valence-corrected chi connectivity index (χ0v) is 13.6. The fourth-order valence-corrected chi connectivity index (χ4v) is 3.60. The van der Waals surface area contributed by atoms with Gasteiger partial charge in [-0.05, 0) is 31.9 Å². The molecule has 1 amide bonds. The third kappa shape index (κ3) is 3.46. The fourth-order valence-electron chi connectivity index (χ4n) is 3.60. The third-order valence-corrected chi connectivity index (χ3v) is 4.66. The van der Waals surface area contributed by atoms with Crippen molar-refractivity contribution in [3.63, 3.8) is 0 Å². The molecule has 0 radical (unpaired) electrons. The third-order valence-electron chi connectivity index (χ3n) is 4.66. The van der Waals surface area contributed by atoms with E-state index in [1.54, 1.807) is 12.1 Å². The largest absolute Gasteiger partial charge is 0.377 e. The molecule has 0 aromatic carbocycles. The van der Waals surface area contributed by atoms with Crippen molar-refractivity contribution in [1.82, 2.24) is 9.88 Å². The molecule has 3 atom stereocenters. The Morgan fingerprint density at radius 1 is 1.52 bits per heavy atom. The summed E-state index contributed by atoms with van der Waals surface area (Å²) in [6.45, 7) is 8.01. The monoisotopic (exact) mass is 316 g/mol. The molecule has 1 saturated heterocycles. The molecule has 1 saturated carbocycles. The molecular formula is C18H24N2O3. The summed E-state index contributed by atoms with van der Waals surface area (Å²) in [6.07, 6.45) is 3.82. The van der Waals surface area contributed by atoms with Crippen molar-refractivity contribution >= 4 is 5.91 Å². The Hall–Kier alpha value is -1.72. The van der Waals surface area contributed by atoms with Gasteiger partial charge in [-0.2, -0.15) is 0 Å². The molecule has 1 aromatic heterocycles. The first-order valence-electron chi connectivity index (χ1n) is 8.25. The van der Waals surface area contributed by atoms with Gasteiger partial charge in [0.25, 0.3) is 5.91 Å². The van der Waals surface area contributed by atoms with Gasteiger partial charge in [0.15, 0.2) is 0 Å². The zero-order valence-electron chi connectivity index (χ0n) is 13.6. The Morgan fingerprint density at radius 3 is 3.17 bits per heavy atom. The van der Waals surface area contributed by atoms with Gasteiger partial charge >= 0.3 is 0 Å². The predicted octanol–water partition coefficient (Wildman–Crippen LogP) is 2.21. The molecule has 3 rings (SSSR count). The van der Waals surface area contributed by atoms with Crippen molar-refractivity contribution in [1.29, 1.82) is 0 Å². The highest BCUT2D eigenvalue weighted by molar-refractivity contribution is 5.92. The summed E-state index contributed by atoms with van der Waals surface area (Å²) in [5.74, 6) is 0.362. The van der Waals surface area contributed by atoms with Crippen LogP contribution < -0.4 is 0 Å². The second kappa shape index (κ2) is 7.23. The first kappa shape index (κ1) is 16.1. The second-order valence-corrected chi connectivity index (χ2v) is 6.23. The smallest absolute Gasteiger partial charge is 0.272 e. The van der Waals surface area contributed by atoms with Gasteiger partial charge < -0.3 is 14.4 Å². The number of ether oxygens (including phenoxy) is 2. The van der Waals surface area contributed by atoms with Crippen LogP contribution in [0, 0.1) is 12.8 Å². The minimum Gasteiger partial charge on any atom is -0.377 e. The van der Waals surface area contributed by atoms with Gasteiger partial charge in [0.05, 0.1) is 32.0 Å². The summed E-state index contributed by atoms with van der Waals surface area (Å²) >= 11 is 0. The number of amides is 1. The van der Waals surface area contributed by atoms with Crippen LogP contribution in [-0.2, 0) is 9.47 Å². The molecule has 1 aliphatic carbocycles. The standard InChI is InChI=1S/C18H24N2O3/c1-3-10-22-12-14-7-8-16-17(14)23-11-9-20(16)18(21)15-6-4-5-13(2)19-15/h3-6,14,16-17H,1,7-12H2,2H3/t14?,16-,17-/m0/s1. The Labute approximate surface area is 137 Å². The van der Waals surface area contributed by atoms with Crippen LogP contribution in [-0.4, -0.2) is 54.3 Å². The average molecular weight is 316 g/mol. The number of aryl methyl sites for hydroxylation is 1. The number of morpholine rings is 1. The Kier molecular flexibility index (Phi) is 5.08. The van der Waals surface area contributed by atoms with Gasteiger partial charge in [0.2, 0.25) is 0 Å². The number of hydrogen-bond donors (Lipinski definition) is 0. The fraction of sp³-hybridized carbons (Fsp3) is 0.556. The average Bonchev–Trinajstić information content (AvgIpc) is 2.98. The molecule has 2 fully saturated rings. The number of carbonyl (C=O) groups excluding carboxylic acids is 1. The maximum Gasteiger partial charge on any atom is 0.272 e. The predicted molar refractivity (Wildman–Crippen MR) is 87.3 cm³/mol. The summed E-state index contributed by atoms with van der Waals surface area (Å²) in [6, 6.07) is 5.71. The van der Waals surface area contributed by atoms with Crippen molar-refractivity contribution in [2.24, 2.45) is 5.92 Å². The molecule has 5 nitrogen and oxygen atoms in total. The van der Waals surface area contributed by atoms with Crippen LogP contribution in [0.25, 0.3) is 0 Å². The van der Waals surface area contributed by atoms with Crippen LogP contribution in [0.1, 0.15) is 29.0 Å². The van der Waals surface area contributed by atoms with Crippen molar-refractivity contribution in [2.45, 2.75) is 31.9 Å². The van der Waals surface area contributed by atoms with Crippen molar-refractivity contribution in [2.75, 3.05) is 26.4 Å². The van der Waals surface area contributed by atoms with E-state index in [9.17, 15) is 4.79 Å². The highest BCUT2D eigenvalue weighted by atomic mass is 16.5. The number of aromatic nitrogens is 1. The molecule has 1 unspecified atom stereocenters. The van der Waals surface area contributed by atoms with Crippen LogP contribution in [0.5, 0.6) is 0 Å². The molecule has 0 N–H and O–H groups in total. The first-order valence-corrected chi connectivity index (χ1v) is 8.25. The number of rotatable bonds is 5. The summed E-state index contributed by atoms with van der Waals surface area (Å²) in [5, 5.41) is 0. The van der Waals surface area contributed by atoms with Crippen LogP contribution in [0.2, 0.25) is 0 Å². The normalized spacial score (nSPS) is 26.8. The molecular weight excluding hydrogens is 292 g/mol. The molecule has 1 aromatic rings. The van der Waals surface area contributed by atoms with E-state index in [-0.39, 0.29) is 18.1 Å². The number of fused-ring (bicyclic) bond motifs is 1. The molecule has 0 bridgehead atoms. The minimum absolute atomic E-state index is 0.0136. The highest BCUT2D eigenvalue weighted by Gasteiger charge is 2.44. The van der Waals surface area contributed by atoms with E-state index in [0.717, 1.165) is 18.5 Å². The summed E-state index contributed by atoms with van der Waals surface area (Å²) in [4.78, 5) is 19.1. The lowest BCUT2D eigenvalue weighted by atomic mass is 10.0. The molecule has 5 heteroatoms. The van der Waals surface area contributed by atoms with Gasteiger partial charge in [-0.1, -0.05) is 12.1 Å². The topological polar surface area (TPSA) is 51.7 Å². The maximum atomic E-state index is 12.8. The van der Waals surface area contributed by atoms with Gasteiger partial charge in [-0.3, -0.25) is 4.79 Å². The van der Waals surface area contributed by atoms with E-state index < -0.39 is 0 Å². The summed E-state index contributed by atoms with van der Waals surface area (Å²) < 4.78 is 11.6. The molecule has 1 aliphatic heterocycles. The van der Waals surface area contributed by atoms with Gasteiger partial charge in [-0.15, -0.1) is 6.58 Å². The van der Waals surface area contributed by atoms with E-state index in [4.69, 9.17) is 9.47 Å².